The van der Waals surface area contributed by atoms with Crippen molar-refractivity contribution >= 4 is 5.69 Å². The zero-order chi connectivity index (χ0) is 13.7. The summed E-state index contributed by atoms with van der Waals surface area (Å²) >= 11 is 0. The maximum atomic E-state index is 9.11. The first-order valence-electron chi connectivity index (χ1n) is 6.85. The molecule has 1 aromatic carbocycles. The number of rotatable bonds is 4. The molecule has 0 atom stereocenters. The van der Waals surface area contributed by atoms with Crippen LogP contribution in [0.15, 0.2) is 18.2 Å². The molecule has 0 bridgehead atoms. The predicted octanol–water partition coefficient (Wildman–Crippen LogP) is 1.53. The van der Waals surface area contributed by atoms with Crippen LogP contribution in [0.2, 0.25) is 0 Å². The van der Waals surface area contributed by atoms with Gasteiger partial charge in [-0.25, -0.2) is 0 Å². The number of likely N-dealkylation sites (N-methyl/N-ethyl adjacent to an activating group) is 1. The van der Waals surface area contributed by atoms with Crippen LogP contribution in [0, 0.1) is 18.3 Å². The molecule has 4 nitrogen and oxygen atoms in total. The second-order valence-corrected chi connectivity index (χ2v) is 5.18. The predicted molar refractivity (Wildman–Crippen MR) is 78.3 cm³/mol. The van der Waals surface area contributed by atoms with Crippen LogP contribution in [-0.4, -0.2) is 56.1 Å². The standard InChI is InChI=1S/C15H22N4/c1-13-4-3-5-14(12-16)15(13)17-6-7-19-10-8-18(2)9-11-19/h3-5,17H,6-11H2,1-2H3. The van der Waals surface area contributed by atoms with Crippen LogP contribution in [0.5, 0.6) is 0 Å². The van der Waals surface area contributed by atoms with Crippen molar-refractivity contribution in [3.63, 3.8) is 0 Å². The smallest absolute Gasteiger partial charge is 0.101 e. The van der Waals surface area contributed by atoms with E-state index in [9.17, 15) is 0 Å². The summed E-state index contributed by atoms with van der Waals surface area (Å²) in [4.78, 5) is 4.83. The lowest BCUT2D eigenvalue weighted by atomic mass is 10.1. The van der Waals surface area contributed by atoms with Gasteiger partial charge in [0.2, 0.25) is 0 Å². The molecule has 0 saturated carbocycles. The minimum atomic E-state index is 0.735. The first kappa shape index (κ1) is 13.9. The third-order valence-corrected chi connectivity index (χ3v) is 3.72. The van der Waals surface area contributed by atoms with E-state index in [0.717, 1.165) is 56.1 Å². The van der Waals surface area contributed by atoms with Crippen molar-refractivity contribution in [3.8, 4) is 6.07 Å². The molecule has 0 radical (unpaired) electrons. The Morgan fingerprint density at radius 1 is 1.26 bits per heavy atom. The zero-order valence-electron chi connectivity index (χ0n) is 11.8. The summed E-state index contributed by atoms with van der Waals surface area (Å²) in [5.41, 5.74) is 2.86. The van der Waals surface area contributed by atoms with Crippen LogP contribution in [0.1, 0.15) is 11.1 Å². The Bertz CT molecular complexity index is 456. The maximum absolute atomic E-state index is 9.11. The van der Waals surface area contributed by atoms with Gasteiger partial charge in [-0.1, -0.05) is 12.1 Å². The van der Waals surface area contributed by atoms with Gasteiger partial charge in [0.05, 0.1) is 11.3 Å². The Kier molecular flexibility index (Phi) is 4.78. The van der Waals surface area contributed by atoms with E-state index in [1.54, 1.807) is 0 Å². The Morgan fingerprint density at radius 2 is 2.00 bits per heavy atom. The number of nitrogens with one attached hydrogen (secondary N) is 1. The molecule has 0 amide bonds. The molecule has 1 saturated heterocycles. The first-order valence-corrected chi connectivity index (χ1v) is 6.85. The Morgan fingerprint density at radius 3 is 2.68 bits per heavy atom. The van der Waals surface area contributed by atoms with Crippen molar-refractivity contribution in [3.05, 3.63) is 29.3 Å². The van der Waals surface area contributed by atoms with Crippen LogP contribution in [0.3, 0.4) is 0 Å². The molecule has 0 aromatic heterocycles. The van der Waals surface area contributed by atoms with Gasteiger partial charge in [0, 0.05) is 39.3 Å². The number of piperazine rings is 1. The fourth-order valence-electron chi connectivity index (χ4n) is 2.41. The molecule has 0 aliphatic carbocycles. The number of nitrogens with zero attached hydrogens (tertiary/aromatic N) is 3. The molecule has 19 heavy (non-hydrogen) atoms. The summed E-state index contributed by atoms with van der Waals surface area (Å²) in [6, 6.07) is 8.08. The van der Waals surface area contributed by atoms with Crippen molar-refractivity contribution in [2.75, 3.05) is 51.6 Å². The number of para-hydroxylation sites is 1. The van der Waals surface area contributed by atoms with Crippen LogP contribution < -0.4 is 5.32 Å². The molecular formula is C15H22N4. The van der Waals surface area contributed by atoms with E-state index in [-0.39, 0.29) is 0 Å². The van der Waals surface area contributed by atoms with Crippen LogP contribution in [0.25, 0.3) is 0 Å². The van der Waals surface area contributed by atoms with Gasteiger partial charge in [-0.2, -0.15) is 5.26 Å². The highest BCUT2D eigenvalue weighted by molar-refractivity contribution is 5.62. The number of nitriles is 1. The number of benzene rings is 1. The fraction of sp³-hybridized carbons (Fsp3) is 0.533. The van der Waals surface area contributed by atoms with Gasteiger partial charge < -0.3 is 10.2 Å². The maximum Gasteiger partial charge on any atom is 0.101 e. The lowest BCUT2D eigenvalue weighted by molar-refractivity contribution is 0.158. The second kappa shape index (κ2) is 6.55. The third-order valence-electron chi connectivity index (χ3n) is 3.72. The summed E-state index contributed by atoms with van der Waals surface area (Å²) in [5.74, 6) is 0. The van der Waals surface area contributed by atoms with Crippen molar-refractivity contribution < 1.29 is 0 Å². The molecule has 1 aromatic rings. The van der Waals surface area contributed by atoms with Crippen LogP contribution in [0.4, 0.5) is 5.69 Å². The summed E-state index contributed by atoms with van der Waals surface area (Å²) in [7, 11) is 2.17. The van der Waals surface area contributed by atoms with Gasteiger partial charge in [-0.05, 0) is 25.6 Å². The highest BCUT2D eigenvalue weighted by Crippen LogP contribution is 2.19. The van der Waals surface area contributed by atoms with Gasteiger partial charge in [-0.15, -0.1) is 0 Å². The van der Waals surface area contributed by atoms with Crippen molar-refractivity contribution in [2.45, 2.75) is 6.92 Å². The summed E-state index contributed by atoms with van der Waals surface area (Å²) in [6.07, 6.45) is 0. The average Bonchev–Trinajstić information content (AvgIpc) is 2.42. The monoisotopic (exact) mass is 258 g/mol. The second-order valence-electron chi connectivity index (χ2n) is 5.18. The number of anilines is 1. The van der Waals surface area contributed by atoms with Gasteiger partial charge in [0.25, 0.3) is 0 Å². The quantitative estimate of drug-likeness (QED) is 0.889. The summed E-state index contributed by atoms with van der Waals surface area (Å²) < 4.78 is 0. The van der Waals surface area contributed by atoms with E-state index in [2.05, 4.69) is 28.2 Å². The van der Waals surface area contributed by atoms with Crippen molar-refractivity contribution in [2.24, 2.45) is 0 Å². The molecule has 1 fully saturated rings. The highest BCUT2D eigenvalue weighted by atomic mass is 15.2. The van der Waals surface area contributed by atoms with Gasteiger partial charge in [0.15, 0.2) is 0 Å². The first-order chi connectivity index (χ1) is 9.20. The van der Waals surface area contributed by atoms with Gasteiger partial charge in [-0.3, -0.25) is 4.90 Å². The third kappa shape index (κ3) is 3.69. The normalized spacial score (nSPS) is 17.1. The van der Waals surface area contributed by atoms with E-state index in [0.29, 0.717) is 0 Å². The number of hydrogen-bond donors (Lipinski definition) is 1. The van der Waals surface area contributed by atoms with E-state index in [1.165, 1.54) is 0 Å². The molecule has 1 heterocycles. The summed E-state index contributed by atoms with van der Waals surface area (Å²) in [5, 5.41) is 12.5. The fourth-order valence-corrected chi connectivity index (χ4v) is 2.41. The van der Waals surface area contributed by atoms with E-state index < -0.39 is 0 Å². The molecular weight excluding hydrogens is 236 g/mol. The number of hydrogen-bond acceptors (Lipinski definition) is 4. The lowest BCUT2D eigenvalue weighted by Crippen LogP contribution is -2.45. The van der Waals surface area contributed by atoms with E-state index in [4.69, 9.17) is 5.26 Å². The molecule has 4 heteroatoms. The molecule has 102 valence electrons. The minimum absolute atomic E-state index is 0.735. The molecule has 1 aliphatic rings. The SMILES string of the molecule is Cc1cccc(C#N)c1NCCN1CCN(C)CC1. The van der Waals surface area contributed by atoms with Crippen LogP contribution in [-0.2, 0) is 0 Å². The Labute approximate surface area is 115 Å². The molecule has 1 aliphatic heterocycles. The topological polar surface area (TPSA) is 42.3 Å². The lowest BCUT2D eigenvalue weighted by Gasteiger charge is -2.32. The molecule has 0 spiro atoms. The number of aryl methyl sites for hydroxylation is 1. The minimum Gasteiger partial charge on any atom is -0.382 e. The van der Waals surface area contributed by atoms with E-state index >= 15 is 0 Å². The zero-order valence-corrected chi connectivity index (χ0v) is 11.8. The largest absolute Gasteiger partial charge is 0.382 e. The molecule has 1 N–H and O–H groups in total. The Balaban J connectivity index is 1.85. The van der Waals surface area contributed by atoms with Gasteiger partial charge >= 0.3 is 0 Å². The van der Waals surface area contributed by atoms with E-state index in [1.807, 2.05) is 25.1 Å². The summed E-state index contributed by atoms with van der Waals surface area (Å²) in [6.45, 7) is 8.53. The molecule has 2 rings (SSSR count). The molecule has 0 unspecified atom stereocenters. The van der Waals surface area contributed by atoms with Crippen LogP contribution >= 0.6 is 0 Å². The van der Waals surface area contributed by atoms with Crippen molar-refractivity contribution in [1.82, 2.24) is 9.80 Å². The average molecular weight is 258 g/mol. The van der Waals surface area contributed by atoms with Gasteiger partial charge in [0.1, 0.15) is 6.07 Å². The Hall–Kier alpha value is -1.57. The highest BCUT2D eigenvalue weighted by Gasteiger charge is 2.13. The van der Waals surface area contributed by atoms with Crippen molar-refractivity contribution in [1.29, 1.82) is 5.26 Å².